The van der Waals surface area contributed by atoms with Crippen LogP contribution in [0.3, 0.4) is 0 Å². The second-order valence-corrected chi connectivity index (χ2v) is 4.90. The van der Waals surface area contributed by atoms with E-state index in [4.69, 9.17) is 5.26 Å². The normalized spacial score (nSPS) is 15.9. The van der Waals surface area contributed by atoms with Crippen LogP contribution in [0.4, 0.5) is 11.4 Å². The van der Waals surface area contributed by atoms with Crippen molar-refractivity contribution < 1.29 is 4.92 Å². The van der Waals surface area contributed by atoms with Crippen molar-refractivity contribution in [2.24, 2.45) is 0 Å². The molecule has 0 aliphatic carbocycles. The maximum absolute atomic E-state index is 10.8. The summed E-state index contributed by atoms with van der Waals surface area (Å²) in [6, 6.07) is 6.68. The first kappa shape index (κ1) is 14.3. The Morgan fingerprint density at radius 1 is 1.35 bits per heavy atom. The van der Waals surface area contributed by atoms with Gasteiger partial charge in [-0.1, -0.05) is 6.92 Å². The van der Waals surface area contributed by atoms with Crippen molar-refractivity contribution in [3.8, 4) is 6.07 Å². The van der Waals surface area contributed by atoms with Crippen LogP contribution in [-0.4, -0.2) is 42.5 Å². The average Bonchev–Trinajstić information content (AvgIpc) is 2.47. The molecule has 0 spiro atoms. The standard InChI is InChI=1S/C14H18N4O2/c1-2-5-16-6-8-17(9-7-16)13-3-4-14(18(19)20)12(10-13)11-15/h3-4,10H,2,5-9H2,1H3. The number of rotatable bonds is 4. The molecule has 2 rings (SSSR count). The van der Waals surface area contributed by atoms with Gasteiger partial charge in [0.2, 0.25) is 0 Å². The summed E-state index contributed by atoms with van der Waals surface area (Å²) in [5, 5.41) is 19.8. The number of hydrogen-bond acceptors (Lipinski definition) is 5. The van der Waals surface area contributed by atoms with E-state index >= 15 is 0 Å². The average molecular weight is 274 g/mol. The summed E-state index contributed by atoms with van der Waals surface area (Å²) in [5.74, 6) is 0. The maximum atomic E-state index is 10.8. The number of hydrogen-bond donors (Lipinski definition) is 0. The first-order valence-electron chi connectivity index (χ1n) is 6.81. The van der Waals surface area contributed by atoms with E-state index in [1.807, 2.05) is 6.07 Å². The zero-order valence-corrected chi connectivity index (χ0v) is 11.6. The highest BCUT2D eigenvalue weighted by atomic mass is 16.6. The Morgan fingerprint density at radius 3 is 2.60 bits per heavy atom. The molecule has 0 amide bonds. The molecule has 6 nitrogen and oxygen atoms in total. The van der Waals surface area contributed by atoms with E-state index in [-0.39, 0.29) is 11.3 Å². The van der Waals surface area contributed by atoms with Crippen LogP contribution in [0.1, 0.15) is 18.9 Å². The van der Waals surface area contributed by atoms with Gasteiger partial charge in [0.15, 0.2) is 0 Å². The fraction of sp³-hybridized carbons (Fsp3) is 0.500. The van der Waals surface area contributed by atoms with Gasteiger partial charge < -0.3 is 4.90 Å². The molecule has 20 heavy (non-hydrogen) atoms. The van der Waals surface area contributed by atoms with Gasteiger partial charge in [-0.2, -0.15) is 5.26 Å². The summed E-state index contributed by atoms with van der Waals surface area (Å²) in [4.78, 5) is 14.9. The minimum atomic E-state index is -0.512. The van der Waals surface area contributed by atoms with Crippen LogP contribution in [0.15, 0.2) is 18.2 Å². The van der Waals surface area contributed by atoms with Crippen molar-refractivity contribution in [2.75, 3.05) is 37.6 Å². The molecule has 0 saturated carbocycles. The summed E-state index contributed by atoms with van der Waals surface area (Å²) >= 11 is 0. The SMILES string of the molecule is CCCN1CCN(c2ccc([N+](=O)[O-])c(C#N)c2)CC1. The lowest BCUT2D eigenvalue weighted by molar-refractivity contribution is -0.385. The molecule has 0 aromatic heterocycles. The Hall–Kier alpha value is -2.13. The zero-order chi connectivity index (χ0) is 14.5. The highest BCUT2D eigenvalue weighted by Gasteiger charge is 2.19. The third-order valence-corrected chi connectivity index (χ3v) is 3.57. The Kier molecular flexibility index (Phi) is 4.53. The second kappa shape index (κ2) is 6.35. The molecule has 0 unspecified atom stereocenters. The number of nitro groups is 1. The largest absolute Gasteiger partial charge is 0.369 e. The molecule has 1 saturated heterocycles. The van der Waals surface area contributed by atoms with Crippen molar-refractivity contribution in [1.82, 2.24) is 4.90 Å². The third kappa shape index (κ3) is 3.06. The summed E-state index contributed by atoms with van der Waals surface area (Å²) in [6.45, 7) is 7.05. The number of benzene rings is 1. The second-order valence-electron chi connectivity index (χ2n) is 4.90. The van der Waals surface area contributed by atoms with E-state index in [0.717, 1.165) is 44.8 Å². The molecular weight excluding hydrogens is 256 g/mol. The number of nitrogens with zero attached hydrogens (tertiary/aromatic N) is 4. The maximum Gasteiger partial charge on any atom is 0.287 e. The lowest BCUT2D eigenvalue weighted by Crippen LogP contribution is -2.46. The van der Waals surface area contributed by atoms with Crippen LogP contribution < -0.4 is 4.90 Å². The minimum absolute atomic E-state index is 0.124. The number of nitro benzene ring substituents is 1. The van der Waals surface area contributed by atoms with E-state index in [1.165, 1.54) is 6.07 Å². The smallest absolute Gasteiger partial charge is 0.287 e. The number of nitriles is 1. The molecule has 106 valence electrons. The Bertz CT molecular complexity index is 530. The van der Waals surface area contributed by atoms with Crippen LogP contribution in [0, 0.1) is 21.4 Å². The molecule has 1 heterocycles. The van der Waals surface area contributed by atoms with Crippen LogP contribution >= 0.6 is 0 Å². The fourth-order valence-corrected chi connectivity index (χ4v) is 2.52. The van der Waals surface area contributed by atoms with Gasteiger partial charge in [-0.25, -0.2) is 0 Å². The van der Waals surface area contributed by atoms with Crippen LogP contribution in [-0.2, 0) is 0 Å². The molecule has 0 atom stereocenters. The Balaban J connectivity index is 2.11. The lowest BCUT2D eigenvalue weighted by Gasteiger charge is -2.36. The summed E-state index contributed by atoms with van der Waals surface area (Å²) < 4.78 is 0. The Morgan fingerprint density at radius 2 is 2.05 bits per heavy atom. The minimum Gasteiger partial charge on any atom is -0.369 e. The predicted molar refractivity (Wildman–Crippen MR) is 76.8 cm³/mol. The molecule has 0 radical (unpaired) electrons. The fourth-order valence-electron chi connectivity index (χ4n) is 2.52. The topological polar surface area (TPSA) is 73.4 Å². The summed E-state index contributed by atoms with van der Waals surface area (Å²) in [5.41, 5.74) is 0.896. The quantitative estimate of drug-likeness (QED) is 0.620. The first-order valence-corrected chi connectivity index (χ1v) is 6.81. The van der Waals surface area contributed by atoms with Crippen molar-refractivity contribution in [3.05, 3.63) is 33.9 Å². The molecule has 1 aliphatic heterocycles. The van der Waals surface area contributed by atoms with Crippen molar-refractivity contribution in [2.45, 2.75) is 13.3 Å². The molecule has 1 aromatic rings. The van der Waals surface area contributed by atoms with Gasteiger partial charge in [0.05, 0.1) is 4.92 Å². The Labute approximate surface area is 118 Å². The van der Waals surface area contributed by atoms with E-state index in [1.54, 1.807) is 12.1 Å². The van der Waals surface area contributed by atoms with E-state index in [9.17, 15) is 10.1 Å². The zero-order valence-electron chi connectivity index (χ0n) is 11.6. The summed E-state index contributed by atoms with van der Waals surface area (Å²) in [6.07, 6.45) is 1.15. The van der Waals surface area contributed by atoms with Gasteiger partial charge in [0.25, 0.3) is 5.69 Å². The first-order chi connectivity index (χ1) is 9.65. The van der Waals surface area contributed by atoms with E-state index in [2.05, 4.69) is 16.7 Å². The molecule has 1 aliphatic rings. The number of anilines is 1. The summed E-state index contributed by atoms with van der Waals surface area (Å²) in [7, 11) is 0. The highest BCUT2D eigenvalue weighted by molar-refractivity contribution is 5.60. The molecule has 1 aromatic carbocycles. The molecule has 6 heteroatoms. The molecule has 0 bridgehead atoms. The van der Waals surface area contributed by atoms with Crippen LogP contribution in [0.2, 0.25) is 0 Å². The van der Waals surface area contributed by atoms with Gasteiger partial charge in [-0.05, 0) is 25.1 Å². The third-order valence-electron chi connectivity index (χ3n) is 3.57. The van der Waals surface area contributed by atoms with E-state index in [0.29, 0.717) is 0 Å². The predicted octanol–water partition coefficient (Wildman–Crippen LogP) is 2.00. The van der Waals surface area contributed by atoms with Crippen molar-refractivity contribution in [1.29, 1.82) is 5.26 Å². The van der Waals surface area contributed by atoms with Crippen LogP contribution in [0.25, 0.3) is 0 Å². The highest BCUT2D eigenvalue weighted by Crippen LogP contribution is 2.25. The molecule has 1 fully saturated rings. The van der Waals surface area contributed by atoms with E-state index < -0.39 is 4.92 Å². The number of piperazine rings is 1. The van der Waals surface area contributed by atoms with Gasteiger partial charge >= 0.3 is 0 Å². The van der Waals surface area contributed by atoms with Crippen molar-refractivity contribution in [3.63, 3.8) is 0 Å². The van der Waals surface area contributed by atoms with Gasteiger partial charge in [-0.15, -0.1) is 0 Å². The van der Waals surface area contributed by atoms with Crippen LogP contribution in [0.5, 0.6) is 0 Å². The molecular formula is C14H18N4O2. The molecule has 0 N–H and O–H groups in total. The van der Waals surface area contributed by atoms with Gasteiger partial charge in [0.1, 0.15) is 11.6 Å². The monoisotopic (exact) mass is 274 g/mol. The van der Waals surface area contributed by atoms with Crippen molar-refractivity contribution >= 4 is 11.4 Å². The lowest BCUT2D eigenvalue weighted by atomic mass is 10.1. The van der Waals surface area contributed by atoms with Gasteiger partial charge in [0, 0.05) is 37.9 Å². The van der Waals surface area contributed by atoms with Gasteiger partial charge in [-0.3, -0.25) is 15.0 Å².